The molecule has 1 aromatic heterocycles. The standard InChI is InChI=1S/C27H28N4O3S/c1-18-6-12-23(13-7-18)35(33,34)31-16-14-21(15-17-31)27(32)28-22-10-8-20(9-11-22)26-29-24-5-3-4-19(2)25(24)30-26/h3-13,21H,14-17H2,1-2H3,(H,28,32)(H,29,30). The summed E-state index contributed by atoms with van der Waals surface area (Å²) < 4.78 is 27.3. The molecule has 180 valence electrons. The highest BCUT2D eigenvalue weighted by atomic mass is 32.2. The summed E-state index contributed by atoms with van der Waals surface area (Å²) in [6.45, 7) is 4.62. The van der Waals surface area contributed by atoms with Crippen molar-refractivity contribution in [1.82, 2.24) is 14.3 Å². The van der Waals surface area contributed by atoms with Crippen LogP contribution in [-0.4, -0.2) is 41.7 Å². The fraction of sp³-hybridized carbons (Fsp3) is 0.259. The van der Waals surface area contributed by atoms with Crippen LogP contribution in [0.1, 0.15) is 24.0 Å². The Morgan fingerprint density at radius 2 is 1.66 bits per heavy atom. The molecule has 0 bridgehead atoms. The van der Waals surface area contributed by atoms with Crippen LogP contribution in [0, 0.1) is 19.8 Å². The minimum Gasteiger partial charge on any atom is -0.338 e. The van der Waals surface area contributed by atoms with E-state index in [-0.39, 0.29) is 11.8 Å². The maximum Gasteiger partial charge on any atom is 0.243 e. The predicted molar refractivity (Wildman–Crippen MR) is 138 cm³/mol. The molecule has 1 amide bonds. The number of piperidine rings is 1. The summed E-state index contributed by atoms with van der Waals surface area (Å²) in [6.07, 6.45) is 0.987. The summed E-state index contributed by atoms with van der Waals surface area (Å²) in [6, 6.07) is 20.5. The highest BCUT2D eigenvalue weighted by molar-refractivity contribution is 7.89. The van der Waals surface area contributed by atoms with Gasteiger partial charge in [-0.3, -0.25) is 4.79 Å². The minimum atomic E-state index is -3.54. The lowest BCUT2D eigenvalue weighted by Gasteiger charge is -2.30. The molecule has 8 heteroatoms. The molecule has 3 aromatic carbocycles. The number of carbonyl (C=O) groups is 1. The maximum absolute atomic E-state index is 12.9. The first-order valence-corrected chi connectivity index (χ1v) is 13.2. The molecule has 0 radical (unpaired) electrons. The van der Waals surface area contributed by atoms with Gasteiger partial charge < -0.3 is 10.3 Å². The number of aryl methyl sites for hydroxylation is 2. The van der Waals surface area contributed by atoms with Crippen molar-refractivity contribution in [2.45, 2.75) is 31.6 Å². The van der Waals surface area contributed by atoms with Gasteiger partial charge in [0.2, 0.25) is 15.9 Å². The first kappa shape index (κ1) is 23.3. The molecule has 0 spiro atoms. The average molecular weight is 489 g/mol. The number of rotatable bonds is 5. The Kier molecular flexibility index (Phi) is 6.17. The second-order valence-electron chi connectivity index (χ2n) is 9.11. The molecule has 1 aliphatic heterocycles. The molecule has 1 fully saturated rings. The highest BCUT2D eigenvalue weighted by Crippen LogP contribution is 2.27. The average Bonchev–Trinajstić information content (AvgIpc) is 3.31. The lowest BCUT2D eigenvalue weighted by Crippen LogP contribution is -2.41. The third-order valence-corrected chi connectivity index (χ3v) is 8.54. The Labute approximate surface area is 205 Å². The van der Waals surface area contributed by atoms with Crippen molar-refractivity contribution in [2.75, 3.05) is 18.4 Å². The number of nitrogens with one attached hydrogen (secondary N) is 2. The quantitative estimate of drug-likeness (QED) is 0.418. The van der Waals surface area contributed by atoms with E-state index in [1.165, 1.54) is 4.31 Å². The van der Waals surface area contributed by atoms with E-state index < -0.39 is 10.0 Å². The number of hydrogen-bond acceptors (Lipinski definition) is 4. The molecule has 35 heavy (non-hydrogen) atoms. The maximum atomic E-state index is 12.9. The van der Waals surface area contributed by atoms with Crippen LogP contribution in [0.3, 0.4) is 0 Å². The number of nitrogens with zero attached hydrogens (tertiary/aromatic N) is 2. The van der Waals surface area contributed by atoms with Gasteiger partial charge >= 0.3 is 0 Å². The van der Waals surface area contributed by atoms with Crippen molar-refractivity contribution < 1.29 is 13.2 Å². The van der Waals surface area contributed by atoms with E-state index in [0.717, 1.165) is 33.5 Å². The van der Waals surface area contributed by atoms with E-state index in [0.29, 0.717) is 36.5 Å². The van der Waals surface area contributed by atoms with Gasteiger partial charge in [0.05, 0.1) is 15.9 Å². The van der Waals surface area contributed by atoms with Gasteiger partial charge in [-0.05, 0) is 74.7 Å². The van der Waals surface area contributed by atoms with Gasteiger partial charge in [0.25, 0.3) is 0 Å². The summed E-state index contributed by atoms with van der Waals surface area (Å²) >= 11 is 0. The zero-order chi connectivity index (χ0) is 24.6. The Morgan fingerprint density at radius 1 is 0.971 bits per heavy atom. The van der Waals surface area contributed by atoms with Crippen LogP contribution in [0.4, 0.5) is 5.69 Å². The number of hydrogen-bond donors (Lipinski definition) is 2. The van der Waals surface area contributed by atoms with Crippen LogP contribution < -0.4 is 5.32 Å². The van der Waals surface area contributed by atoms with E-state index in [4.69, 9.17) is 4.98 Å². The number of aromatic nitrogens is 2. The van der Waals surface area contributed by atoms with Gasteiger partial charge in [-0.1, -0.05) is 29.8 Å². The van der Waals surface area contributed by atoms with Gasteiger partial charge in [0, 0.05) is 30.3 Å². The van der Waals surface area contributed by atoms with Gasteiger partial charge in [0.1, 0.15) is 5.82 Å². The molecule has 1 saturated heterocycles. The largest absolute Gasteiger partial charge is 0.338 e. The van der Waals surface area contributed by atoms with Gasteiger partial charge in [-0.15, -0.1) is 0 Å². The molecular formula is C27H28N4O3S. The summed E-state index contributed by atoms with van der Waals surface area (Å²) in [5.41, 5.74) is 5.73. The third-order valence-electron chi connectivity index (χ3n) is 6.62. The smallest absolute Gasteiger partial charge is 0.243 e. The summed E-state index contributed by atoms with van der Waals surface area (Å²) in [7, 11) is -3.54. The SMILES string of the molecule is Cc1ccc(S(=O)(=O)N2CCC(C(=O)Nc3ccc(-c4nc5c(C)cccc5[nH]4)cc3)CC2)cc1. The summed E-state index contributed by atoms with van der Waals surface area (Å²) in [5, 5.41) is 2.98. The van der Waals surface area contributed by atoms with Crippen molar-refractivity contribution in [1.29, 1.82) is 0 Å². The lowest BCUT2D eigenvalue weighted by atomic mass is 9.97. The fourth-order valence-corrected chi connectivity index (χ4v) is 5.96. The zero-order valence-corrected chi connectivity index (χ0v) is 20.6. The van der Waals surface area contributed by atoms with Gasteiger partial charge in [-0.25, -0.2) is 13.4 Å². The van der Waals surface area contributed by atoms with Crippen molar-refractivity contribution in [2.24, 2.45) is 5.92 Å². The second-order valence-corrected chi connectivity index (χ2v) is 11.1. The third kappa shape index (κ3) is 4.72. The topological polar surface area (TPSA) is 95.2 Å². The minimum absolute atomic E-state index is 0.0792. The summed E-state index contributed by atoms with van der Waals surface area (Å²) in [5.74, 6) is 0.483. The van der Waals surface area contributed by atoms with Gasteiger partial charge in [0.15, 0.2) is 0 Å². The van der Waals surface area contributed by atoms with Crippen molar-refractivity contribution in [3.8, 4) is 11.4 Å². The number of carbonyl (C=O) groups excluding carboxylic acids is 1. The molecule has 0 atom stereocenters. The first-order chi connectivity index (χ1) is 16.8. The van der Waals surface area contributed by atoms with E-state index in [1.54, 1.807) is 24.3 Å². The molecule has 0 saturated carbocycles. The highest BCUT2D eigenvalue weighted by Gasteiger charge is 2.32. The predicted octanol–water partition coefficient (Wildman–Crippen LogP) is 4.89. The van der Waals surface area contributed by atoms with Crippen molar-refractivity contribution in [3.63, 3.8) is 0 Å². The number of para-hydroxylation sites is 1. The van der Waals surface area contributed by atoms with E-state index in [9.17, 15) is 13.2 Å². The number of aromatic amines is 1. The van der Waals surface area contributed by atoms with Crippen LogP contribution in [0.2, 0.25) is 0 Å². The Morgan fingerprint density at radius 3 is 2.31 bits per heavy atom. The molecule has 7 nitrogen and oxygen atoms in total. The Bertz CT molecular complexity index is 1470. The molecule has 2 N–H and O–H groups in total. The molecule has 4 aromatic rings. The zero-order valence-electron chi connectivity index (χ0n) is 19.8. The monoisotopic (exact) mass is 488 g/mol. The fourth-order valence-electron chi connectivity index (χ4n) is 4.49. The van der Waals surface area contributed by atoms with Crippen molar-refractivity contribution >= 4 is 32.7 Å². The van der Waals surface area contributed by atoms with Crippen LogP contribution in [0.15, 0.2) is 71.6 Å². The normalized spacial score (nSPS) is 15.4. The Hall–Kier alpha value is -3.49. The number of H-pyrrole nitrogens is 1. The van der Waals surface area contributed by atoms with E-state index in [1.807, 2.05) is 56.3 Å². The van der Waals surface area contributed by atoms with Crippen molar-refractivity contribution in [3.05, 3.63) is 77.9 Å². The number of imidazole rings is 1. The van der Waals surface area contributed by atoms with Crippen LogP contribution in [-0.2, 0) is 14.8 Å². The van der Waals surface area contributed by atoms with Crippen LogP contribution in [0.25, 0.3) is 22.4 Å². The van der Waals surface area contributed by atoms with Crippen LogP contribution >= 0.6 is 0 Å². The molecule has 0 aliphatic carbocycles. The second kappa shape index (κ2) is 9.28. The first-order valence-electron chi connectivity index (χ1n) is 11.7. The number of anilines is 1. The summed E-state index contributed by atoms with van der Waals surface area (Å²) in [4.78, 5) is 21.2. The molecule has 1 aliphatic rings. The number of fused-ring (bicyclic) bond motifs is 1. The van der Waals surface area contributed by atoms with E-state index >= 15 is 0 Å². The molecule has 5 rings (SSSR count). The van der Waals surface area contributed by atoms with Crippen LogP contribution in [0.5, 0.6) is 0 Å². The van der Waals surface area contributed by atoms with E-state index in [2.05, 4.69) is 10.3 Å². The molecule has 2 heterocycles. The number of sulfonamides is 1. The number of benzene rings is 3. The lowest BCUT2D eigenvalue weighted by molar-refractivity contribution is -0.120. The molecule has 0 unspecified atom stereocenters. The van der Waals surface area contributed by atoms with Gasteiger partial charge in [-0.2, -0.15) is 4.31 Å². The molecular weight excluding hydrogens is 460 g/mol. The Balaban J connectivity index is 1.20. The number of amides is 1.